The molecule has 0 saturated heterocycles. The second-order valence-electron chi connectivity index (χ2n) is 4.95. The highest BCUT2D eigenvalue weighted by Gasteiger charge is 2.23. The highest BCUT2D eigenvalue weighted by molar-refractivity contribution is 6.02. The molecule has 8 heteroatoms. The van der Waals surface area contributed by atoms with Crippen LogP contribution in [-0.4, -0.2) is 40.0 Å². The molecular weight excluding hydrogens is 316 g/mol. The van der Waals surface area contributed by atoms with Gasteiger partial charge in [-0.3, -0.25) is 14.4 Å². The maximum Gasteiger partial charge on any atom is 0.326 e. The number of hydrogen-bond donors (Lipinski definition) is 4. The Labute approximate surface area is 138 Å². The normalized spacial score (nSPS) is 12.1. The SMILES string of the molecule is CC(=O)N/C(=C\c1ccccc1)C(=O)N[C@H](CCC(=O)O)C(=O)O. The largest absolute Gasteiger partial charge is 0.481 e. The van der Waals surface area contributed by atoms with Crippen LogP contribution < -0.4 is 10.6 Å². The van der Waals surface area contributed by atoms with Crippen LogP contribution in [0.15, 0.2) is 36.0 Å². The summed E-state index contributed by atoms with van der Waals surface area (Å²) in [5, 5.41) is 22.3. The third-order valence-electron chi connectivity index (χ3n) is 2.92. The average molecular weight is 334 g/mol. The van der Waals surface area contributed by atoms with E-state index in [-0.39, 0.29) is 12.1 Å². The van der Waals surface area contributed by atoms with Gasteiger partial charge in [-0.25, -0.2) is 4.79 Å². The maximum atomic E-state index is 12.2. The molecule has 0 aliphatic heterocycles. The molecule has 4 N–H and O–H groups in total. The summed E-state index contributed by atoms with van der Waals surface area (Å²) in [7, 11) is 0. The standard InChI is InChI=1S/C16H18N2O6/c1-10(19)17-13(9-11-5-3-2-4-6-11)15(22)18-12(16(23)24)7-8-14(20)21/h2-6,9,12H,7-8H2,1H3,(H,17,19)(H,18,22)(H,20,21)(H,23,24)/b13-9-/t12-/m1/s1. The summed E-state index contributed by atoms with van der Waals surface area (Å²) in [6.07, 6.45) is 0.719. The predicted molar refractivity (Wildman–Crippen MR) is 84.7 cm³/mol. The van der Waals surface area contributed by atoms with Gasteiger partial charge in [0.15, 0.2) is 0 Å². The molecule has 0 aromatic heterocycles. The van der Waals surface area contributed by atoms with Crippen LogP contribution in [0, 0.1) is 0 Å². The Bertz CT molecular complexity index is 654. The quantitative estimate of drug-likeness (QED) is 0.515. The van der Waals surface area contributed by atoms with E-state index in [4.69, 9.17) is 10.2 Å². The van der Waals surface area contributed by atoms with E-state index < -0.39 is 36.2 Å². The molecule has 0 spiro atoms. The number of aliphatic carboxylic acids is 2. The van der Waals surface area contributed by atoms with E-state index in [1.807, 2.05) is 0 Å². The smallest absolute Gasteiger partial charge is 0.326 e. The van der Waals surface area contributed by atoms with Crippen LogP contribution in [0.5, 0.6) is 0 Å². The van der Waals surface area contributed by atoms with Crippen molar-refractivity contribution in [2.45, 2.75) is 25.8 Å². The van der Waals surface area contributed by atoms with Crippen LogP contribution in [0.2, 0.25) is 0 Å². The van der Waals surface area contributed by atoms with Crippen LogP contribution in [-0.2, 0) is 19.2 Å². The lowest BCUT2D eigenvalue weighted by Crippen LogP contribution is -2.44. The zero-order chi connectivity index (χ0) is 18.1. The van der Waals surface area contributed by atoms with E-state index in [1.54, 1.807) is 30.3 Å². The maximum absolute atomic E-state index is 12.2. The highest BCUT2D eigenvalue weighted by atomic mass is 16.4. The van der Waals surface area contributed by atoms with Gasteiger partial charge in [-0.2, -0.15) is 0 Å². The van der Waals surface area contributed by atoms with E-state index in [9.17, 15) is 19.2 Å². The molecule has 0 heterocycles. The minimum absolute atomic E-state index is 0.129. The second-order valence-corrected chi connectivity index (χ2v) is 4.95. The summed E-state index contributed by atoms with van der Waals surface area (Å²) in [4.78, 5) is 45.2. The Morgan fingerprint density at radius 1 is 1.12 bits per heavy atom. The molecule has 1 aromatic carbocycles. The van der Waals surface area contributed by atoms with Gasteiger partial charge in [0.05, 0.1) is 0 Å². The molecule has 0 aliphatic rings. The van der Waals surface area contributed by atoms with Gasteiger partial charge >= 0.3 is 11.9 Å². The van der Waals surface area contributed by atoms with Gasteiger partial charge in [0, 0.05) is 13.3 Å². The number of amides is 2. The van der Waals surface area contributed by atoms with E-state index in [0.717, 1.165) is 0 Å². The van der Waals surface area contributed by atoms with Crippen molar-refractivity contribution in [2.24, 2.45) is 0 Å². The number of carbonyl (C=O) groups is 4. The number of carboxylic acid groups (broad SMARTS) is 2. The lowest BCUT2D eigenvalue weighted by molar-refractivity contribution is -0.142. The number of benzene rings is 1. The van der Waals surface area contributed by atoms with Gasteiger partial charge in [0.25, 0.3) is 5.91 Å². The Kier molecular flexibility index (Phi) is 7.15. The topological polar surface area (TPSA) is 133 Å². The first-order valence-corrected chi connectivity index (χ1v) is 7.09. The Morgan fingerprint density at radius 3 is 2.25 bits per heavy atom. The van der Waals surface area contributed by atoms with Crippen LogP contribution in [0.3, 0.4) is 0 Å². The predicted octanol–water partition coefficient (Wildman–Crippen LogP) is 0.598. The third-order valence-corrected chi connectivity index (χ3v) is 2.92. The lowest BCUT2D eigenvalue weighted by Gasteiger charge is -2.15. The zero-order valence-electron chi connectivity index (χ0n) is 13.0. The summed E-state index contributed by atoms with van der Waals surface area (Å²) < 4.78 is 0. The summed E-state index contributed by atoms with van der Waals surface area (Å²) in [5.41, 5.74) is 0.504. The summed E-state index contributed by atoms with van der Waals surface area (Å²) in [6, 6.07) is 7.29. The van der Waals surface area contributed by atoms with Crippen molar-refractivity contribution in [2.75, 3.05) is 0 Å². The molecule has 8 nitrogen and oxygen atoms in total. The first-order chi connectivity index (χ1) is 11.3. The molecule has 24 heavy (non-hydrogen) atoms. The van der Waals surface area contributed by atoms with Gasteiger partial charge < -0.3 is 20.8 Å². The molecule has 0 bridgehead atoms. The molecule has 0 unspecified atom stereocenters. The molecule has 2 amide bonds. The number of carbonyl (C=O) groups excluding carboxylic acids is 2. The number of nitrogens with one attached hydrogen (secondary N) is 2. The Balaban J connectivity index is 2.94. The third kappa shape index (κ3) is 6.73. The lowest BCUT2D eigenvalue weighted by atomic mass is 10.1. The fourth-order valence-electron chi connectivity index (χ4n) is 1.83. The van der Waals surface area contributed by atoms with Crippen molar-refractivity contribution >= 4 is 29.8 Å². The molecule has 0 saturated carbocycles. The monoisotopic (exact) mass is 334 g/mol. The fraction of sp³-hybridized carbons (Fsp3) is 0.250. The zero-order valence-corrected chi connectivity index (χ0v) is 13.0. The van der Waals surface area contributed by atoms with Crippen molar-refractivity contribution < 1.29 is 29.4 Å². The minimum Gasteiger partial charge on any atom is -0.481 e. The molecule has 1 aromatic rings. The van der Waals surface area contributed by atoms with E-state index in [1.165, 1.54) is 13.0 Å². The highest BCUT2D eigenvalue weighted by Crippen LogP contribution is 2.06. The van der Waals surface area contributed by atoms with Crippen molar-refractivity contribution in [3.05, 3.63) is 41.6 Å². The van der Waals surface area contributed by atoms with Gasteiger partial charge in [0.2, 0.25) is 5.91 Å². The summed E-state index contributed by atoms with van der Waals surface area (Å²) >= 11 is 0. The van der Waals surface area contributed by atoms with Crippen molar-refractivity contribution in [1.29, 1.82) is 0 Å². The summed E-state index contributed by atoms with van der Waals surface area (Å²) in [5.74, 6) is -3.83. The molecular formula is C16H18N2O6. The van der Waals surface area contributed by atoms with Crippen LogP contribution in [0.25, 0.3) is 6.08 Å². The summed E-state index contributed by atoms with van der Waals surface area (Å²) in [6.45, 7) is 1.21. The first kappa shape index (κ1) is 18.9. The van der Waals surface area contributed by atoms with E-state index >= 15 is 0 Å². The van der Waals surface area contributed by atoms with E-state index in [0.29, 0.717) is 5.56 Å². The van der Waals surface area contributed by atoms with Crippen molar-refractivity contribution in [3.8, 4) is 0 Å². The molecule has 128 valence electrons. The molecule has 1 rings (SSSR count). The fourth-order valence-corrected chi connectivity index (χ4v) is 1.83. The van der Waals surface area contributed by atoms with Crippen molar-refractivity contribution in [1.82, 2.24) is 10.6 Å². The van der Waals surface area contributed by atoms with Gasteiger partial charge in [-0.1, -0.05) is 30.3 Å². The Morgan fingerprint density at radius 2 is 1.75 bits per heavy atom. The minimum atomic E-state index is -1.37. The van der Waals surface area contributed by atoms with E-state index in [2.05, 4.69) is 10.6 Å². The van der Waals surface area contributed by atoms with Gasteiger partial charge in [-0.15, -0.1) is 0 Å². The number of carboxylic acids is 2. The number of rotatable bonds is 8. The van der Waals surface area contributed by atoms with Crippen LogP contribution in [0.1, 0.15) is 25.3 Å². The average Bonchev–Trinajstić information content (AvgIpc) is 2.50. The number of hydrogen-bond acceptors (Lipinski definition) is 4. The first-order valence-electron chi connectivity index (χ1n) is 7.09. The molecule has 0 aliphatic carbocycles. The molecule has 0 fully saturated rings. The molecule has 1 atom stereocenters. The Hall–Kier alpha value is -3.16. The molecule has 0 radical (unpaired) electrons. The van der Waals surface area contributed by atoms with Crippen molar-refractivity contribution in [3.63, 3.8) is 0 Å². The van der Waals surface area contributed by atoms with Gasteiger partial charge in [0.1, 0.15) is 11.7 Å². The second kappa shape index (κ2) is 9.09. The van der Waals surface area contributed by atoms with Gasteiger partial charge in [-0.05, 0) is 18.1 Å². The van der Waals surface area contributed by atoms with Crippen LogP contribution >= 0.6 is 0 Å². The van der Waals surface area contributed by atoms with Crippen LogP contribution in [0.4, 0.5) is 0 Å².